The van der Waals surface area contributed by atoms with Crippen LogP contribution in [0.2, 0.25) is 5.02 Å². The molecule has 3 nitrogen and oxygen atoms in total. The third kappa shape index (κ3) is 2.29. The summed E-state index contributed by atoms with van der Waals surface area (Å²) in [6.45, 7) is 4.07. The number of halogens is 1. The highest BCUT2D eigenvalue weighted by Crippen LogP contribution is 2.24. The van der Waals surface area contributed by atoms with E-state index >= 15 is 0 Å². The predicted octanol–water partition coefficient (Wildman–Crippen LogP) is 4.58. The summed E-state index contributed by atoms with van der Waals surface area (Å²) in [5, 5.41) is 4.03. The smallest absolute Gasteiger partial charge is 0.205 e. The molecule has 0 unspecified atom stereocenters. The molecule has 0 radical (unpaired) electrons. The van der Waals surface area contributed by atoms with Gasteiger partial charge in [-0.3, -0.25) is 0 Å². The normalized spacial score (nSPS) is 10.9. The summed E-state index contributed by atoms with van der Waals surface area (Å²) in [6, 6.07) is 11.9. The van der Waals surface area contributed by atoms with Crippen LogP contribution >= 0.6 is 11.6 Å². The second kappa shape index (κ2) is 4.59. The van der Waals surface area contributed by atoms with Gasteiger partial charge in [-0.15, -0.1) is 0 Å². The van der Waals surface area contributed by atoms with E-state index in [2.05, 4.69) is 28.3 Å². The molecule has 3 aromatic rings. The molecule has 0 bridgehead atoms. The lowest BCUT2D eigenvalue weighted by molar-refractivity contribution is 1.29. The van der Waals surface area contributed by atoms with Crippen LogP contribution in [-0.4, -0.2) is 9.97 Å². The van der Waals surface area contributed by atoms with Crippen LogP contribution in [0.3, 0.4) is 0 Å². The highest BCUT2D eigenvalue weighted by molar-refractivity contribution is 6.30. The Morgan fingerprint density at radius 1 is 1.11 bits per heavy atom. The summed E-state index contributed by atoms with van der Waals surface area (Å²) in [5.41, 5.74) is 5.28. The number of para-hydroxylation sites is 1. The van der Waals surface area contributed by atoms with Crippen molar-refractivity contribution >= 4 is 34.3 Å². The van der Waals surface area contributed by atoms with Crippen LogP contribution < -0.4 is 5.32 Å². The largest absolute Gasteiger partial charge is 0.326 e. The van der Waals surface area contributed by atoms with Crippen LogP contribution in [0.25, 0.3) is 11.0 Å². The average Bonchev–Trinajstić information content (AvgIpc) is 2.77. The molecule has 0 aliphatic rings. The third-order valence-electron chi connectivity index (χ3n) is 3.16. The summed E-state index contributed by atoms with van der Waals surface area (Å²) < 4.78 is 0. The summed E-state index contributed by atoms with van der Waals surface area (Å²) in [4.78, 5) is 7.84. The number of anilines is 2. The maximum Gasteiger partial charge on any atom is 0.205 e. The number of imidazole rings is 1. The maximum atomic E-state index is 5.95. The van der Waals surface area contributed by atoms with Gasteiger partial charge in [0, 0.05) is 10.7 Å². The van der Waals surface area contributed by atoms with Crippen molar-refractivity contribution in [2.75, 3.05) is 5.32 Å². The molecule has 0 spiro atoms. The van der Waals surface area contributed by atoms with Crippen molar-refractivity contribution in [3.05, 3.63) is 52.5 Å². The van der Waals surface area contributed by atoms with Gasteiger partial charge in [0.05, 0.1) is 11.0 Å². The van der Waals surface area contributed by atoms with Crippen molar-refractivity contribution in [3.8, 4) is 0 Å². The van der Waals surface area contributed by atoms with E-state index in [9.17, 15) is 0 Å². The molecule has 0 fully saturated rings. The monoisotopic (exact) mass is 271 g/mol. The minimum atomic E-state index is 0.739. The van der Waals surface area contributed by atoms with E-state index in [0.29, 0.717) is 0 Å². The van der Waals surface area contributed by atoms with Crippen LogP contribution in [0, 0.1) is 13.8 Å². The first-order chi connectivity index (χ1) is 9.13. The molecule has 0 aliphatic heterocycles. The number of aromatic nitrogens is 2. The summed E-state index contributed by atoms with van der Waals surface area (Å²) in [5.74, 6) is 0.745. The summed E-state index contributed by atoms with van der Waals surface area (Å²) in [6.07, 6.45) is 0. The molecule has 4 heteroatoms. The van der Waals surface area contributed by atoms with Crippen molar-refractivity contribution in [2.24, 2.45) is 0 Å². The molecule has 0 saturated heterocycles. The quantitative estimate of drug-likeness (QED) is 0.716. The Morgan fingerprint density at radius 3 is 2.68 bits per heavy atom. The summed E-state index contributed by atoms with van der Waals surface area (Å²) >= 11 is 5.95. The Bertz CT molecular complexity index is 746. The van der Waals surface area contributed by atoms with Crippen LogP contribution in [0.5, 0.6) is 0 Å². The van der Waals surface area contributed by atoms with Crippen LogP contribution in [0.4, 0.5) is 11.6 Å². The number of aryl methyl sites for hydroxylation is 2. The minimum Gasteiger partial charge on any atom is -0.326 e. The SMILES string of the molecule is Cc1cc(Cl)ccc1Nc1nc2c(C)cccc2[nH]1. The first kappa shape index (κ1) is 12.1. The number of aromatic amines is 1. The van der Waals surface area contributed by atoms with Gasteiger partial charge in [-0.1, -0.05) is 23.7 Å². The Kier molecular flexibility index (Phi) is 2.91. The molecule has 2 aromatic carbocycles. The van der Waals surface area contributed by atoms with E-state index in [1.807, 2.05) is 37.3 Å². The number of fused-ring (bicyclic) bond motifs is 1. The molecule has 19 heavy (non-hydrogen) atoms. The Hall–Kier alpha value is -2.00. The Morgan fingerprint density at radius 2 is 1.95 bits per heavy atom. The van der Waals surface area contributed by atoms with Crippen molar-refractivity contribution in [1.29, 1.82) is 0 Å². The van der Waals surface area contributed by atoms with Crippen LogP contribution in [0.1, 0.15) is 11.1 Å². The minimum absolute atomic E-state index is 0.739. The topological polar surface area (TPSA) is 40.7 Å². The number of hydrogen-bond acceptors (Lipinski definition) is 2. The fourth-order valence-corrected chi connectivity index (χ4v) is 2.36. The van der Waals surface area contributed by atoms with Gasteiger partial charge in [0.25, 0.3) is 0 Å². The molecule has 0 saturated carbocycles. The highest BCUT2D eigenvalue weighted by atomic mass is 35.5. The van der Waals surface area contributed by atoms with Gasteiger partial charge in [0.1, 0.15) is 0 Å². The predicted molar refractivity (Wildman–Crippen MR) is 80.3 cm³/mol. The second-order valence-corrected chi connectivity index (χ2v) is 5.08. The number of H-pyrrole nitrogens is 1. The first-order valence-electron chi connectivity index (χ1n) is 6.12. The van der Waals surface area contributed by atoms with Crippen molar-refractivity contribution in [3.63, 3.8) is 0 Å². The lowest BCUT2D eigenvalue weighted by Gasteiger charge is -2.06. The molecule has 1 heterocycles. The van der Waals surface area contributed by atoms with Gasteiger partial charge in [0.15, 0.2) is 0 Å². The number of rotatable bonds is 2. The van der Waals surface area contributed by atoms with Gasteiger partial charge in [-0.2, -0.15) is 0 Å². The number of nitrogens with one attached hydrogen (secondary N) is 2. The number of benzene rings is 2. The second-order valence-electron chi connectivity index (χ2n) is 4.64. The van der Waals surface area contributed by atoms with E-state index in [0.717, 1.165) is 38.8 Å². The zero-order chi connectivity index (χ0) is 13.4. The zero-order valence-electron chi connectivity index (χ0n) is 10.8. The van der Waals surface area contributed by atoms with E-state index in [1.54, 1.807) is 0 Å². The Labute approximate surface area is 116 Å². The molecule has 96 valence electrons. The number of nitrogens with zero attached hydrogens (tertiary/aromatic N) is 1. The molecule has 0 aliphatic carbocycles. The lowest BCUT2D eigenvalue weighted by Crippen LogP contribution is -1.94. The molecular formula is C15H14ClN3. The maximum absolute atomic E-state index is 5.95. The standard InChI is InChI=1S/C15H14ClN3/c1-9-4-3-5-13-14(9)19-15(18-13)17-12-7-6-11(16)8-10(12)2/h3-8H,1-2H3,(H2,17,18,19). The molecular weight excluding hydrogens is 258 g/mol. The molecule has 1 aromatic heterocycles. The number of hydrogen-bond donors (Lipinski definition) is 2. The molecule has 0 atom stereocenters. The van der Waals surface area contributed by atoms with Crippen LogP contribution in [-0.2, 0) is 0 Å². The van der Waals surface area contributed by atoms with Gasteiger partial charge in [-0.25, -0.2) is 4.98 Å². The van der Waals surface area contributed by atoms with Gasteiger partial charge in [0.2, 0.25) is 5.95 Å². The molecule has 3 rings (SSSR count). The van der Waals surface area contributed by atoms with Gasteiger partial charge in [-0.05, 0) is 49.2 Å². The fraction of sp³-hybridized carbons (Fsp3) is 0.133. The molecule has 0 amide bonds. The van der Waals surface area contributed by atoms with Crippen molar-refractivity contribution in [1.82, 2.24) is 9.97 Å². The van der Waals surface area contributed by atoms with Crippen molar-refractivity contribution in [2.45, 2.75) is 13.8 Å². The van der Waals surface area contributed by atoms with Gasteiger partial charge < -0.3 is 10.3 Å². The summed E-state index contributed by atoms with van der Waals surface area (Å²) in [7, 11) is 0. The van der Waals surface area contributed by atoms with E-state index < -0.39 is 0 Å². The lowest BCUT2D eigenvalue weighted by atomic mass is 10.2. The van der Waals surface area contributed by atoms with E-state index in [4.69, 9.17) is 11.6 Å². The van der Waals surface area contributed by atoms with E-state index in [1.165, 1.54) is 0 Å². The molecule has 2 N–H and O–H groups in total. The van der Waals surface area contributed by atoms with Gasteiger partial charge >= 0.3 is 0 Å². The fourth-order valence-electron chi connectivity index (χ4n) is 2.13. The first-order valence-corrected chi connectivity index (χ1v) is 6.50. The zero-order valence-corrected chi connectivity index (χ0v) is 11.5. The van der Waals surface area contributed by atoms with Crippen molar-refractivity contribution < 1.29 is 0 Å². The third-order valence-corrected chi connectivity index (χ3v) is 3.39. The van der Waals surface area contributed by atoms with E-state index in [-0.39, 0.29) is 0 Å². The average molecular weight is 272 g/mol. The highest BCUT2D eigenvalue weighted by Gasteiger charge is 2.06. The Balaban J connectivity index is 1.99. The van der Waals surface area contributed by atoms with Crippen LogP contribution in [0.15, 0.2) is 36.4 Å².